The van der Waals surface area contributed by atoms with E-state index in [2.05, 4.69) is 5.32 Å². The quantitative estimate of drug-likeness (QED) is 0.768. The van der Waals surface area contributed by atoms with E-state index in [1.54, 1.807) is 12.1 Å². The van der Waals surface area contributed by atoms with E-state index in [9.17, 15) is 4.39 Å². The van der Waals surface area contributed by atoms with Gasteiger partial charge in [-0.1, -0.05) is 0 Å². The molecule has 1 aromatic carbocycles. The fourth-order valence-electron chi connectivity index (χ4n) is 1.82. The van der Waals surface area contributed by atoms with Crippen LogP contribution in [0.5, 0.6) is 5.75 Å². The van der Waals surface area contributed by atoms with Gasteiger partial charge in [-0.05, 0) is 36.6 Å². The largest absolute Gasteiger partial charge is 0.492 e. The standard InChI is InChI=1S/C13H18FNO2/c14-12-1-3-13(4-2-12)17-8-6-15-9-11-5-7-16-10-11/h1-4,11,15H,5-10H2. The van der Waals surface area contributed by atoms with Crippen LogP contribution in [0.15, 0.2) is 24.3 Å². The summed E-state index contributed by atoms with van der Waals surface area (Å²) in [6, 6.07) is 6.08. The van der Waals surface area contributed by atoms with E-state index in [1.165, 1.54) is 12.1 Å². The van der Waals surface area contributed by atoms with Crippen molar-refractivity contribution in [1.29, 1.82) is 0 Å². The van der Waals surface area contributed by atoms with Gasteiger partial charge in [0, 0.05) is 19.7 Å². The Balaban J connectivity index is 1.55. The van der Waals surface area contributed by atoms with Crippen LogP contribution >= 0.6 is 0 Å². The van der Waals surface area contributed by atoms with Crippen LogP contribution in [0.4, 0.5) is 4.39 Å². The molecule has 0 aliphatic carbocycles. The Hall–Kier alpha value is -1.13. The first-order valence-electron chi connectivity index (χ1n) is 6.01. The zero-order valence-electron chi connectivity index (χ0n) is 9.82. The number of rotatable bonds is 6. The maximum Gasteiger partial charge on any atom is 0.123 e. The topological polar surface area (TPSA) is 30.5 Å². The van der Waals surface area contributed by atoms with E-state index in [1.807, 2.05) is 0 Å². The summed E-state index contributed by atoms with van der Waals surface area (Å²) in [7, 11) is 0. The minimum absolute atomic E-state index is 0.239. The molecule has 4 heteroatoms. The molecular formula is C13H18FNO2. The molecule has 1 aromatic rings. The third-order valence-electron chi connectivity index (χ3n) is 2.82. The molecule has 1 aliphatic rings. The Morgan fingerprint density at radius 2 is 2.18 bits per heavy atom. The molecule has 1 aliphatic heterocycles. The van der Waals surface area contributed by atoms with Crippen molar-refractivity contribution in [2.45, 2.75) is 6.42 Å². The normalized spacial score (nSPS) is 19.5. The van der Waals surface area contributed by atoms with Crippen molar-refractivity contribution in [2.24, 2.45) is 5.92 Å². The highest BCUT2D eigenvalue weighted by atomic mass is 19.1. The molecule has 1 unspecified atom stereocenters. The minimum Gasteiger partial charge on any atom is -0.492 e. The summed E-state index contributed by atoms with van der Waals surface area (Å²) < 4.78 is 23.4. The van der Waals surface area contributed by atoms with Crippen LogP contribution in [0.3, 0.4) is 0 Å². The van der Waals surface area contributed by atoms with Gasteiger partial charge in [-0.25, -0.2) is 4.39 Å². The summed E-state index contributed by atoms with van der Waals surface area (Å²) in [6.07, 6.45) is 1.14. The van der Waals surface area contributed by atoms with Crippen molar-refractivity contribution in [3.63, 3.8) is 0 Å². The van der Waals surface area contributed by atoms with E-state index in [0.29, 0.717) is 18.3 Å². The predicted octanol–water partition coefficient (Wildman–Crippen LogP) is 1.83. The second-order valence-electron chi connectivity index (χ2n) is 4.24. The maximum atomic E-state index is 12.6. The van der Waals surface area contributed by atoms with E-state index in [0.717, 1.165) is 32.7 Å². The molecule has 1 heterocycles. The van der Waals surface area contributed by atoms with Crippen molar-refractivity contribution in [3.8, 4) is 5.75 Å². The lowest BCUT2D eigenvalue weighted by molar-refractivity contribution is 0.185. The zero-order valence-corrected chi connectivity index (χ0v) is 9.82. The Bertz CT molecular complexity index is 323. The first-order valence-corrected chi connectivity index (χ1v) is 6.01. The van der Waals surface area contributed by atoms with Crippen molar-refractivity contribution < 1.29 is 13.9 Å². The highest BCUT2D eigenvalue weighted by molar-refractivity contribution is 5.21. The fourth-order valence-corrected chi connectivity index (χ4v) is 1.82. The molecule has 0 bridgehead atoms. The smallest absolute Gasteiger partial charge is 0.123 e. The third-order valence-corrected chi connectivity index (χ3v) is 2.82. The van der Waals surface area contributed by atoms with Gasteiger partial charge in [0.2, 0.25) is 0 Å². The number of nitrogens with one attached hydrogen (secondary N) is 1. The lowest BCUT2D eigenvalue weighted by Crippen LogP contribution is -2.27. The molecule has 1 saturated heterocycles. The van der Waals surface area contributed by atoms with Gasteiger partial charge in [0.05, 0.1) is 6.61 Å². The molecule has 3 nitrogen and oxygen atoms in total. The molecule has 0 spiro atoms. The van der Waals surface area contributed by atoms with Crippen LogP contribution < -0.4 is 10.1 Å². The summed E-state index contributed by atoms with van der Waals surface area (Å²) in [6.45, 7) is 4.13. The van der Waals surface area contributed by atoms with E-state index < -0.39 is 0 Å². The zero-order chi connectivity index (χ0) is 11.9. The van der Waals surface area contributed by atoms with Gasteiger partial charge in [0.15, 0.2) is 0 Å². The monoisotopic (exact) mass is 239 g/mol. The van der Waals surface area contributed by atoms with Crippen LogP contribution in [-0.4, -0.2) is 32.9 Å². The highest BCUT2D eigenvalue weighted by Gasteiger charge is 2.14. The summed E-state index contributed by atoms with van der Waals surface area (Å²) in [4.78, 5) is 0. The van der Waals surface area contributed by atoms with Crippen LogP contribution in [-0.2, 0) is 4.74 Å². The lowest BCUT2D eigenvalue weighted by atomic mass is 10.1. The third kappa shape index (κ3) is 4.32. The van der Waals surface area contributed by atoms with Gasteiger partial charge in [0.1, 0.15) is 18.2 Å². The molecule has 0 amide bonds. The van der Waals surface area contributed by atoms with Gasteiger partial charge in [-0.3, -0.25) is 0 Å². The Kier molecular flexibility index (Phi) is 4.76. The van der Waals surface area contributed by atoms with Crippen molar-refractivity contribution >= 4 is 0 Å². The van der Waals surface area contributed by atoms with E-state index >= 15 is 0 Å². The molecule has 0 saturated carbocycles. The second kappa shape index (κ2) is 6.57. The Labute approximate surface area is 101 Å². The highest BCUT2D eigenvalue weighted by Crippen LogP contribution is 2.11. The van der Waals surface area contributed by atoms with Gasteiger partial charge >= 0.3 is 0 Å². The molecular weight excluding hydrogens is 221 g/mol. The first kappa shape index (κ1) is 12.3. The van der Waals surface area contributed by atoms with Gasteiger partial charge in [-0.2, -0.15) is 0 Å². The predicted molar refractivity (Wildman–Crippen MR) is 63.7 cm³/mol. The number of halogens is 1. The minimum atomic E-state index is -0.239. The maximum absolute atomic E-state index is 12.6. The second-order valence-corrected chi connectivity index (χ2v) is 4.24. The number of hydrogen-bond donors (Lipinski definition) is 1. The lowest BCUT2D eigenvalue weighted by Gasteiger charge is -2.10. The molecule has 2 rings (SSSR count). The molecule has 0 aromatic heterocycles. The molecule has 1 atom stereocenters. The summed E-state index contributed by atoms with van der Waals surface area (Å²) in [5.74, 6) is 1.11. The number of ether oxygens (including phenoxy) is 2. The summed E-state index contributed by atoms with van der Waals surface area (Å²) >= 11 is 0. The van der Waals surface area contributed by atoms with Crippen molar-refractivity contribution in [2.75, 3.05) is 32.9 Å². The number of hydrogen-bond acceptors (Lipinski definition) is 3. The summed E-state index contributed by atoms with van der Waals surface area (Å²) in [5.41, 5.74) is 0. The molecule has 17 heavy (non-hydrogen) atoms. The SMILES string of the molecule is Fc1ccc(OCCNCC2CCOC2)cc1. The molecule has 94 valence electrons. The summed E-state index contributed by atoms with van der Waals surface area (Å²) in [5, 5.41) is 3.33. The first-order chi connectivity index (χ1) is 8.34. The van der Waals surface area contributed by atoms with Gasteiger partial charge < -0.3 is 14.8 Å². The van der Waals surface area contributed by atoms with Crippen LogP contribution in [0.1, 0.15) is 6.42 Å². The van der Waals surface area contributed by atoms with Crippen LogP contribution in [0.25, 0.3) is 0 Å². The van der Waals surface area contributed by atoms with E-state index in [-0.39, 0.29) is 5.82 Å². The Morgan fingerprint density at radius 3 is 2.88 bits per heavy atom. The van der Waals surface area contributed by atoms with Crippen LogP contribution in [0.2, 0.25) is 0 Å². The molecule has 1 N–H and O–H groups in total. The van der Waals surface area contributed by atoms with Crippen LogP contribution in [0, 0.1) is 11.7 Å². The van der Waals surface area contributed by atoms with Crippen molar-refractivity contribution in [1.82, 2.24) is 5.32 Å². The molecule has 0 radical (unpaired) electrons. The van der Waals surface area contributed by atoms with Crippen molar-refractivity contribution in [3.05, 3.63) is 30.1 Å². The van der Waals surface area contributed by atoms with Gasteiger partial charge in [-0.15, -0.1) is 0 Å². The average molecular weight is 239 g/mol. The molecule has 1 fully saturated rings. The average Bonchev–Trinajstić information content (AvgIpc) is 2.84. The fraction of sp³-hybridized carbons (Fsp3) is 0.538. The van der Waals surface area contributed by atoms with E-state index in [4.69, 9.17) is 9.47 Å². The Morgan fingerprint density at radius 1 is 1.35 bits per heavy atom. The number of benzene rings is 1. The van der Waals surface area contributed by atoms with Gasteiger partial charge in [0.25, 0.3) is 0 Å².